The number of hydrogen-bond acceptors (Lipinski definition) is 7. The molecule has 2 aliphatic rings. The summed E-state index contributed by atoms with van der Waals surface area (Å²) >= 11 is 0. The van der Waals surface area contributed by atoms with Crippen molar-refractivity contribution in [2.24, 2.45) is 0 Å². The average Bonchev–Trinajstić information content (AvgIpc) is 3.61. The van der Waals surface area contributed by atoms with E-state index in [0.717, 1.165) is 62.1 Å². The van der Waals surface area contributed by atoms with Crippen molar-refractivity contribution < 1.29 is 4.74 Å². The summed E-state index contributed by atoms with van der Waals surface area (Å²) in [4.78, 5) is 21.6. The minimum Gasteiger partial charge on any atom is -0.376 e. The van der Waals surface area contributed by atoms with E-state index in [1.54, 1.807) is 0 Å². The maximum absolute atomic E-state index is 13.6. The fourth-order valence-electron chi connectivity index (χ4n) is 6.01. The minimum atomic E-state index is -0.364. The van der Waals surface area contributed by atoms with Crippen molar-refractivity contribution in [3.8, 4) is 0 Å². The zero-order valence-corrected chi connectivity index (χ0v) is 23.3. The summed E-state index contributed by atoms with van der Waals surface area (Å²) in [5, 5.41) is 13.9. The van der Waals surface area contributed by atoms with Gasteiger partial charge in [0.2, 0.25) is 0 Å². The number of aromatic nitrogens is 5. The third-order valence-electron chi connectivity index (χ3n) is 8.58. The topological polar surface area (TPSA) is 92.2 Å². The predicted molar refractivity (Wildman–Crippen MR) is 152 cm³/mol. The number of piperazine rings is 1. The normalized spacial score (nSPS) is 19.2. The number of H-pyrrole nitrogens is 1. The molecule has 0 spiro atoms. The largest absolute Gasteiger partial charge is 0.376 e. The molecule has 2 aromatic heterocycles. The fraction of sp³-hybridized carbons (Fsp3) is 0.467. The number of nitrogens with one attached hydrogen (secondary N) is 1. The van der Waals surface area contributed by atoms with Crippen LogP contribution in [0.15, 0.2) is 41.2 Å². The molecule has 2 saturated heterocycles. The van der Waals surface area contributed by atoms with Gasteiger partial charge in [0.25, 0.3) is 5.56 Å². The fourth-order valence-corrected chi connectivity index (χ4v) is 6.01. The molecule has 9 nitrogen and oxygen atoms in total. The molecule has 6 rings (SSSR count). The highest BCUT2D eigenvalue weighted by atomic mass is 16.5. The summed E-state index contributed by atoms with van der Waals surface area (Å²) in [5.41, 5.74) is 7.68. The number of pyridine rings is 1. The lowest BCUT2D eigenvalue weighted by molar-refractivity contribution is 0.0906. The van der Waals surface area contributed by atoms with Crippen molar-refractivity contribution >= 4 is 16.6 Å². The van der Waals surface area contributed by atoms with Crippen LogP contribution in [0, 0.1) is 27.7 Å². The van der Waals surface area contributed by atoms with Gasteiger partial charge in [-0.3, -0.25) is 9.69 Å². The maximum Gasteiger partial charge on any atom is 0.253 e. The highest BCUT2D eigenvalue weighted by Crippen LogP contribution is 2.31. The first-order valence-corrected chi connectivity index (χ1v) is 14.0. The molecule has 4 aromatic rings. The number of fused-ring (bicyclic) bond motifs is 1. The van der Waals surface area contributed by atoms with E-state index in [1.807, 2.05) is 10.7 Å². The number of aryl methyl sites for hydroxylation is 3. The predicted octanol–water partition coefficient (Wildman–Crippen LogP) is 3.84. The van der Waals surface area contributed by atoms with Crippen LogP contribution in [-0.2, 0) is 11.3 Å². The van der Waals surface area contributed by atoms with E-state index in [2.05, 4.69) is 88.3 Å². The van der Waals surface area contributed by atoms with Gasteiger partial charge in [-0.25, -0.2) is 4.68 Å². The van der Waals surface area contributed by atoms with E-state index in [1.165, 1.54) is 22.4 Å². The van der Waals surface area contributed by atoms with Crippen LogP contribution in [0.3, 0.4) is 0 Å². The summed E-state index contributed by atoms with van der Waals surface area (Å²) in [6.45, 7) is 13.2. The Morgan fingerprint density at radius 3 is 2.59 bits per heavy atom. The van der Waals surface area contributed by atoms with E-state index >= 15 is 0 Å². The Balaban J connectivity index is 1.38. The van der Waals surface area contributed by atoms with Crippen LogP contribution in [0.2, 0.25) is 0 Å². The molecule has 1 N–H and O–H groups in total. The second kappa shape index (κ2) is 10.5. The Kier molecular flexibility index (Phi) is 6.95. The Bertz CT molecular complexity index is 1540. The van der Waals surface area contributed by atoms with Gasteiger partial charge in [-0.1, -0.05) is 12.1 Å². The van der Waals surface area contributed by atoms with Crippen LogP contribution >= 0.6 is 0 Å². The molecule has 39 heavy (non-hydrogen) atoms. The smallest absolute Gasteiger partial charge is 0.253 e. The summed E-state index contributed by atoms with van der Waals surface area (Å²) in [6, 6.07) is 12.4. The molecule has 0 saturated carbocycles. The van der Waals surface area contributed by atoms with Gasteiger partial charge in [0.1, 0.15) is 6.04 Å². The molecule has 204 valence electrons. The van der Waals surface area contributed by atoms with Gasteiger partial charge in [-0.05, 0) is 103 Å². The van der Waals surface area contributed by atoms with E-state index in [4.69, 9.17) is 4.74 Å². The lowest BCUT2D eigenvalue weighted by Crippen LogP contribution is -2.49. The zero-order valence-electron chi connectivity index (χ0n) is 23.3. The third kappa shape index (κ3) is 4.96. The summed E-state index contributed by atoms with van der Waals surface area (Å²) in [7, 11) is 0. The molecule has 0 amide bonds. The van der Waals surface area contributed by atoms with E-state index in [9.17, 15) is 4.79 Å². The number of tetrazole rings is 1. The first kappa shape index (κ1) is 25.7. The monoisotopic (exact) mass is 527 g/mol. The lowest BCUT2D eigenvalue weighted by atomic mass is 10.00. The van der Waals surface area contributed by atoms with Crippen LogP contribution in [0.4, 0.5) is 5.69 Å². The molecule has 9 heteroatoms. The molecular weight excluding hydrogens is 490 g/mol. The Morgan fingerprint density at radius 1 is 1.03 bits per heavy atom. The summed E-state index contributed by atoms with van der Waals surface area (Å²) in [6.07, 6.45) is 2.14. The molecule has 0 aliphatic carbocycles. The van der Waals surface area contributed by atoms with Crippen molar-refractivity contribution in [2.75, 3.05) is 37.7 Å². The van der Waals surface area contributed by atoms with Gasteiger partial charge in [0, 0.05) is 49.6 Å². The number of aromatic amines is 1. The van der Waals surface area contributed by atoms with Crippen molar-refractivity contribution in [3.05, 3.63) is 80.4 Å². The van der Waals surface area contributed by atoms with Gasteiger partial charge in [-0.15, -0.1) is 5.10 Å². The summed E-state index contributed by atoms with van der Waals surface area (Å²) < 4.78 is 7.75. The highest BCUT2D eigenvalue weighted by molar-refractivity contribution is 5.81. The Labute approximate surface area is 228 Å². The first-order chi connectivity index (χ1) is 18.9. The second-order valence-electron chi connectivity index (χ2n) is 11.1. The number of rotatable bonds is 6. The van der Waals surface area contributed by atoms with E-state index in [-0.39, 0.29) is 17.7 Å². The van der Waals surface area contributed by atoms with Crippen molar-refractivity contribution in [2.45, 2.75) is 59.2 Å². The standard InChI is InChI=1S/C30H37N7O2/c1-19-7-5-9-27(22(19)4)35-10-12-36(13-11-35)28(29-32-33-34-37(29)18-24-8-6-14-39-24)25-17-23-15-20(2)21(3)16-26(23)31-30(25)38/h5,7,9,15-17,24,28H,6,8,10-14,18H2,1-4H3,(H,31,38)/t24-,28-/m0/s1. The van der Waals surface area contributed by atoms with Gasteiger partial charge in [-0.2, -0.15) is 0 Å². The summed E-state index contributed by atoms with van der Waals surface area (Å²) in [5.74, 6) is 0.694. The number of hydrogen-bond donors (Lipinski definition) is 1. The van der Waals surface area contributed by atoms with E-state index < -0.39 is 0 Å². The quantitative estimate of drug-likeness (QED) is 0.407. The zero-order chi connectivity index (χ0) is 27.1. The van der Waals surface area contributed by atoms with Gasteiger partial charge in [0.05, 0.1) is 12.6 Å². The molecule has 0 radical (unpaired) electrons. The molecule has 0 bridgehead atoms. The number of nitrogens with zero attached hydrogens (tertiary/aromatic N) is 6. The van der Waals surface area contributed by atoms with Crippen LogP contribution in [0.5, 0.6) is 0 Å². The van der Waals surface area contributed by atoms with Crippen LogP contribution < -0.4 is 10.5 Å². The van der Waals surface area contributed by atoms with E-state index in [0.29, 0.717) is 17.9 Å². The number of ether oxygens (including phenoxy) is 1. The first-order valence-electron chi connectivity index (χ1n) is 14.0. The van der Waals surface area contributed by atoms with Crippen LogP contribution in [0.1, 0.15) is 52.5 Å². The second-order valence-corrected chi connectivity index (χ2v) is 11.1. The molecule has 2 aliphatic heterocycles. The molecule has 2 atom stereocenters. The molecule has 2 aromatic carbocycles. The maximum atomic E-state index is 13.6. The van der Waals surface area contributed by atoms with Crippen LogP contribution in [-0.4, -0.2) is 69.0 Å². The van der Waals surface area contributed by atoms with Crippen molar-refractivity contribution in [1.29, 1.82) is 0 Å². The van der Waals surface area contributed by atoms with Crippen molar-refractivity contribution in [3.63, 3.8) is 0 Å². The highest BCUT2D eigenvalue weighted by Gasteiger charge is 2.34. The Hall–Kier alpha value is -3.56. The molecular formula is C30H37N7O2. The Morgan fingerprint density at radius 2 is 1.82 bits per heavy atom. The van der Waals surface area contributed by atoms with Crippen LogP contribution in [0.25, 0.3) is 10.9 Å². The molecule has 2 fully saturated rings. The number of anilines is 1. The van der Waals surface area contributed by atoms with Crippen molar-refractivity contribution in [1.82, 2.24) is 30.1 Å². The SMILES string of the molecule is Cc1cc2cc([C@@H](c3nnnn3C[C@@H]3CCCO3)N3CCN(c4cccc(C)c4C)CC3)c(=O)[nH]c2cc1C. The average molecular weight is 528 g/mol. The van der Waals surface area contributed by atoms with Gasteiger partial charge in [0.15, 0.2) is 5.82 Å². The number of benzene rings is 2. The third-order valence-corrected chi connectivity index (χ3v) is 8.58. The van der Waals surface area contributed by atoms with Gasteiger partial charge >= 0.3 is 0 Å². The lowest BCUT2D eigenvalue weighted by Gasteiger charge is -2.40. The van der Waals surface area contributed by atoms with Gasteiger partial charge < -0.3 is 14.6 Å². The molecule has 4 heterocycles. The molecule has 0 unspecified atom stereocenters. The minimum absolute atomic E-state index is 0.0922.